The maximum atomic E-state index is 11.8. The number of phosphoric acid groups is 1. The number of aliphatic hydroxyl groups excluding tert-OH is 1. The summed E-state index contributed by atoms with van der Waals surface area (Å²) < 4.78 is 26.6. The molecule has 0 fully saturated rings. The Morgan fingerprint density at radius 2 is 1.43 bits per heavy atom. The number of quaternary nitrogens is 1. The average Bonchev–Trinajstić information content (AvgIpc) is 2.78. The van der Waals surface area contributed by atoms with Gasteiger partial charge in [-0.25, -0.2) is 0 Å². The molecule has 0 saturated heterocycles. The van der Waals surface area contributed by atoms with E-state index in [0.29, 0.717) is 17.4 Å². The van der Waals surface area contributed by atoms with Gasteiger partial charge < -0.3 is 28.3 Å². The van der Waals surface area contributed by atoms with Crippen LogP contribution in [0.15, 0.2) is 12.2 Å². The van der Waals surface area contributed by atoms with E-state index in [1.807, 2.05) is 21.1 Å². The van der Waals surface area contributed by atoms with E-state index in [1.165, 1.54) is 51.4 Å². The molecule has 0 spiro atoms. The van der Waals surface area contributed by atoms with Crippen LogP contribution in [-0.4, -0.2) is 69.2 Å². The number of carbonyl (C=O) groups excluding carboxylic acids is 1. The molecule has 0 heterocycles. The Bertz CT molecular complexity index is 593. The lowest BCUT2D eigenvalue weighted by molar-refractivity contribution is -0.870. The molecule has 0 amide bonds. The zero-order valence-electron chi connectivity index (χ0n) is 22.8. The lowest BCUT2D eigenvalue weighted by Gasteiger charge is -2.27. The van der Waals surface area contributed by atoms with Gasteiger partial charge in [-0.15, -0.1) is 0 Å². The van der Waals surface area contributed by atoms with Crippen molar-refractivity contribution in [1.82, 2.24) is 0 Å². The summed E-state index contributed by atoms with van der Waals surface area (Å²) in [7, 11) is 1.24. The molecule has 0 bridgehead atoms. The van der Waals surface area contributed by atoms with Crippen LogP contribution in [0.4, 0.5) is 0 Å². The van der Waals surface area contributed by atoms with Crippen molar-refractivity contribution in [2.24, 2.45) is 0 Å². The second-order valence-electron chi connectivity index (χ2n) is 10.3. The Morgan fingerprint density at radius 3 is 2.00 bits per heavy atom. The van der Waals surface area contributed by atoms with Crippen LogP contribution in [0.3, 0.4) is 0 Å². The molecule has 0 aromatic carbocycles. The van der Waals surface area contributed by atoms with Crippen molar-refractivity contribution in [3.8, 4) is 0 Å². The second kappa shape index (κ2) is 21.3. The minimum atomic E-state index is -4.49. The Labute approximate surface area is 214 Å². The van der Waals surface area contributed by atoms with E-state index in [2.05, 4.69) is 23.6 Å². The number of hydrogen-bond donors (Lipinski definition) is 1. The fourth-order valence-corrected chi connectivity index (χ4v) is 4.03. The third-order valence-electron chi connectivity index (χ3n) is 5.52. The minimum Gasteiger partial charge on any atom is -0.756 e. The van der Waals surface area contributed by atoms with Crippen molar-refractivity contribution in [2.45, 2.75) is 103 Å². The summed E-state index contributed by atoms with van der Waals surface area (Å²) in [4.78, 5) is 23.5. The van der Waals surface area contributed by atoms with E-state index in [1.54, 1.807) is 0 Å². The molecule has 0 aliphatic carbocycles. The van der Waals surface area contributed by atoms with Crippen LogP contribution in [0, 0.1) is 0 Å². The average molecular weight is 522 g/mol. The van der Waals surface area contributed by atoms with Gasteiger partial charge in [-0.2, -0.15) is 0 Å². The van der Waals surface area contributed by atoms with Gasteiger partial charge in [0.25, 0.3) is 7.82 Å². The molecule has 2 unspecified atom stereocenters. The molecule has 0 saturated carbocycles. The maximum absolute atomic E-state index is 11.8. The molecular formula is C26H52NO7P. The molecule has 9 heteroatoms. The van der Waals surface area contributed by atoms with Crippen LogP contribution in [0.1, 0.15) is 96.8 Å². The van der Waals surface area contributed by atoms with Crippen LogP contribution >= 0.6 is 7.82 Å². The summed E-state index contributed by atoms with van der Waals surface area (Å²) in [6.45, 7) is 1.92. The van der Waals surface area contributed by atoms with Gasteiger partial charge in [0.05, 0.1) is 27.7 Å². The zero-order valence-corrected chi connectivity index (χ0v) is 23.6. The normalized spacial score (nSPS) is 14.8. The number of ether oxygens (including phenoxy) is 1. The molecule has 0 aliphatic heterocycles. The zero-order chi connectivity index (χ0) is 26.4. The van der Waals surface area contributed by atoms with Gasteiger partial charge in [-0.3, -0.25) is 9.36 Å². The number of nitrogens with zero attached hydrogens (tertiary/aromatic N) is 1. The first-order valence-corrected chi connectivity index (χ1v) is 14.9. The monoisotopic (exact) mass is 521 g/mol. The highest BCUT2D eigenvalue weighted by Gasteiger charge is 2.16. The number of rotatable bonds is 24. The first-order chi connectivity index (χ1) is 16.6. The van der Waals surface area contributed by atoms with Crippen molar-refractivity contribution in [1.29, 1.82) is 0 Å². The molecule has 8 nitrogen and oxygen atoms in total. The predicted octanol–water partition coefficient (Wildman–Crippen LogP) is 5.14. The van der Waals surface area contributed by atoms with Crippen molar-refractivity contribution in [3.63, 3.8) is 0 Å². The molecule has 2 atom stereocenters. The van der Waals surface area contributed by atoms with E-state index < -0.39 is 26.5 Å². The Balaban J connectivity index is 3.59. The molecular weight excluding hydrogens is 469 g/mol. The molecule has 0 rings (SSSR count). The van der Waals surface area contributed by atoms with Gasteiger partial charge >= 0.3 is 5.97 Å². The standard InChI is InChI=1S/C26H52NO7P/c1-5-6-7-8-9-10-11-12-13-14-15-16-17-18-19-20-26(29)32-23-25(28)24-34-35(30,31)33-22-21-27(2,3)4/h12-13,25,28H,5-11,14-24H2,1-4H3/b13-12-. The lowest BCUT2D eigenvalue weighted by Crippen LogP contribution is -2.37. The van der Waals surface area contributed by atoms with Gasteiger partial charge in [0, 0.05) is 6.42 Å². The highest BCUT2D eigenvalue weighted by molar-refractivity contribution is 7.45. The van der Waals surface area contributed by atoms with Gasteiger partial charge in [0.1, 0.15) is 25.9 Å². The van der Waals surface area contributed by atoms with E-state index in [9.17, 15) is 19.4 Å². The number of carbonyl (C=O) groups is 1. The van der Waals surface area contributed by atoms with Gasteiger partial charge in [-0.05, 0) is 32.1 Å². The Hall–Kier alpha value is -0.760. The number of esters is 1. The van der Waals surface area contributed by atoms with Crippen LogP contribution in [-0.2, 0) is 23.1 Å². The molecule has 35 heavy (non-hydrogen) atoms. The van der Waals surface area contributed by atoms with Crippen molar-refractivity contribution < 1.29 is 37.6 Å². The van der Waals surface area contributed by atoms with Crippen LogP contribution < -0.4 is 4.89 Å². The largest absolute Gasteiger partial charge is 0.756 e. The van der Waals surface area contributed by atoms with Crippen LogP contribution in [0.5, 0.6) is 0 Å². The summed E-state index contributed by atoms with van der Waals surface area (Å²) in [5, 5.41) is 9.79. The number of hydrogen-bond acceptors (Lipinski definition) is 7. The highest BCUT2D eigenvalue weighted by Crippen LogP contribution is 2.38. The number of aliphatic hydroxyl groups is 1. The maximum Gasteiger partial charge on any atom is 0.305 e. The number of unbranched alkanes of at least 4 members (excludes halogenated alkanes) is 11. The fraction of sp³-hybridized carbons (Fsp3) is 0.885. The number of likely N-dealkylation sites (N-methyl/N-ethyl adjacent to an activating group) is 1. The lowest BCUT2D eigenvalue weighted by atomic mass is 10.1. The predicted molar refractivity (Wildman–Crippen MR) is 139 cm³/mol. The van der Waals surface area contributed by atoms with Crippen molar-refractivity contribution >= 4 is 13.8 Å². The summed E-state index contributed by atoms with van der Waals surface area (Å²) in [5.74, 6) is -0.397. The van der Waals surface area contributed by atoms with Crippen LogP contribution in [0.2, 0.25) is 0 Å². The number of phosphoric ester groups is 1. The Kier molecular flexibility index (Phi) is 20.9. The van der Waals surface area contributed by atoms with Gasteiger partial charge in [0.2, 0.25) is 0 Å². The van der Waals surface area contributed by atoms with E-state index in [4.69, 9.17) is 9.26 Å². The highest BCUT2D eigenvalue weighted by atomic mass is 31.2. The summed E-state index contributed by atoms with van der Waals surface area (Å²) in [5.41, 5.74) is 0. The molecule has 0 aromatic heterocycles. The summed E-state index contributed by atoms with van der Waals surface area (Å²) in [6, 6.07) is 0. The fourth-order valence-electron chi connectivity index (χ4n) is 3.29. The van der Waals surface area contributed by atoms with Crippen LogP contribution in [0.25, 0.3) is 0 Å². The SMILES string of the molecule is CCCCCCCC/C=C\CCCCCCCC(=O)OCC(O)COP(=O)([O-])OCC[N+](C)(C)C. The first kappa shape index (κ1) is 34.2. The molecule has 1 N–H and O–H groups in total. The Morgan fingerprint density at radius 1 is 0.886 bits per heavy atom. The van der Waals surface area contributed by atoms with Crippen molar-refractivity contribution in [2.75, 3.05) is 47.5 Å². The third kappa shape index (κ3) is 26.1. The summed E-state index contributed by atoms with van der Waals surface area (Å²) >= 11 is 0. The molecule has 208 valence electrons. The minimum absolute atomic E-state index is 0.00862. The van der Waals surface area contributed by atoms with E-state index in [-0.39, 0.29) is 13.2 Å². The number of allylic oxidation sites excluding steroid dienone is 2. The quantitative estimate of drug-likeness (QED) is 0.0617. The molecule has 0 aliphatic rings. The smallest absolute Gasteiger partial charge is 0.305 e. The summed E-state index contributed by atoms with van der Waals surface area (Å²) in [6.07, 6.45) is 19.1. The molecule has 0 aromatic rings. The van der Waals surface area contributed by atoms with Crippen molar-refractivity contribution in [3.05, 3.63) is 12.2 Å². The topological polar surface area (TPSA) is 105 Å². The van der Waals surface area contributed by atoms with E-state index in [0.717, 1.165) is 32.1 Å². The molecule has 0 radical (unpaired) electrons. The van der Waals surface area contributed by atoms with Gasteiger partial charge in [-0.1, -0.05) is 70.4 Å². The van der Waals surface area contributed by atoms with Gasteiger partial charge in [0.15, 0.2) is 0 Å². The third-order valence-corrected chi connectivity index (χ3v) is 6.48. The van der Waals surface area contributed by atoms with E-state index >= 15 is 0 Å². The first-order valence-electron chi connectivity index (χ1n) is 13.4. The second-order valence-corrected chi connectivity index (χ2v) is 11.7.